The molecule has 0 fully saturated rings. The highest BCUT2D eigenvalue weighted by atomic mass is 32.1. The van der Waals surface area contributed by atoms with E-state index < -0.39 is 0 Å². The first kappa shape index (κ1) is 14.0. The summed E-state index contributed by atoms with van der Waals surface area (Å²) in [7, 11) is 3.98. The van der Waals surface area contributed by atoms with Gasteiger partial charge in [-0.25, -0.2) is 0 Å². The SMILES string of the molecule is CCCNC(=S)N(C)Cc1c(C)nn(C)c1C. The molecule has 0 aromatic carbocycles. The Morgan fingerprint density at radius 1 is 1.47 bits per heavy atom. The number of hydrogen-bond donors (Lipinski definition) is 1. The van der Waals surface area contributed by atoms with Gasteiger partial charge in [-0.3, -0.25) is 4.68 Å². The zero-order valence-corrected chi connectivity index (χ0v) is 12.2. The molecule has 0 radical (unpaired) electrons. The highest BCUT2D eigenvalue weighted by Gasteiger charge is 2.12. The molecule has 0 aliphatic rings. The summed E-state index contributed by atoms with van der Waals surface area (Å²) in [6, 6.07) is 0. The molecule has 0 aliphatic heterocycles. The minimum Gasteiger partial charge on any atom is -0.363 e. The summed E-state index contributed by atoms with van der Waals surface area (Å²) in [5.74, 6) is 0. The van der Waals surface area contributed by atoms with Gasteiger partial charge in [0, 0.05) is 38.4 Å². The zero-order chi connectivity index (χ0) is 13.0. The van der Waals surface area contributed by atoms with E-state index in [1.54, 1.807) is 0 Å². The summed E-state index contributed by atoms with van der Waals surface area (Å²) in [6.45, 7) is 7.99. The van der Waals surface area contributed by atoms with Gasteiger partial charge in [0.1, 0.15) is 0 Å². The molecule has 0 saturated heterocycles. The van der Waals surface area contributed by atoms with Crippen LogP contribution in [0, 0.1) is 13.8 Å². The van der Waals surface area contributed by atoms with Crippen molar-refractivity contribution in [3.05, 3.63) is 17.0 Å². The summed E-state index contributed by atoms with van der Waals surface area (Å²) < 4.78 is 1.92. The fourth-order valence-corrected chi connectivity index (χ4v) is 1.89. The number of nitrogens with zero attached hydrogens (tertiary/aromatic N) is 3. The van der Waals surface area contributed by atoms with Gasteiger partial charge in [-0.2, -0.15) is 5.10 Å². The average Bonchev–Trinajstić information content (AvgIpc) is 2.52. The Bertz CT molecular complexity index is 397. The molecule has 5 heteroatoms. The fraction of sp³-hybridized carbons (Fsp3) is 0.667. The fourth-order valence-electron chi connectivity index (χ4n) is 1.72. The molecule has 0 atom stereocenters. The van der Waals surface area contributed by atoms with Gasteiger partial charge in [-0.05, 0) is 32.5 Å². The lowest BCUT2D eigenvalue weighted by atomic mass is 10.2. The van der Waals surface area contributed by atoms with Gasteiger partial charge in [-0.1, -0.05) is 6.92 Å². The molecule has 4 nitrogen and oxygen atoms in total. The van der Waals surface area contributed by atoms with E-state index in [0.29, 0.717) is 0 Å². The lowest BCUT2D eigenvalue weighted by Crippen LogP contribution is -2.37. The largest absolute Gasteiger partial charge is 0.363 e. The van der Waals surface area contributed by atoms with E-state index in [-0.39, 0.29) is 0 Å². The van der Waals surface area contributed by atoms with Crippen molar-refractivity contribution >= 4 is 17.3 Å². The molecule has 96 valence electrons. The molecule has 17 heavy (non-hydrogen) atoms. The molecule has 0 bridgehead atoms. The third-order valence-corrected chi connectivity index (χ3v) is 3.38. The molecule has 0 spiro atoms. The number of thiocarbonyl (C=S) groups is 1. The van der Waals surface area contributed by atoms with Crippen LogP contribution in [0.25, 0.3) is 0 Å². The van der Waals surface area contributed by atoms with E-state index in [4.69, 9.17) is 12.2 Å². The maximum absolute atomic E-state index is 5.32. The molecule has 0 saturated carbocycles. The first-order valence-corrected chi connectivity index (χ1v) is 6.36. The Hall–Kier alpha value is -1.10. The van der Waals surface area contributed by atoms with Crippen molar-refractivity contribution in [1.82, 2.24) is 20.0 Å². The average molecular weight is 254 g/mol. The Kier molecular flexibility index (Phi) is 4.93. The first-order chi connectivity index (χ1) is 7.97. The van der Waals surface area contributed by atoms with Crippen molar-refractivity contribution in [2.24, 2.45) is 7.05 Å². The molecular weight excluding hydrogens is 232 g/mol. The van der Waals surface area contributed by atoms with Gasteiger partial charge in [0.2, 0.25) is 0 Å². The van der Waals surface area contributed by atoms with Crippen LogP contribution in [0.1, 0.15) is 30.3 Å². The van der Waals surface area contributed by atoms with Crippen molar-refractivity contribution < 1.29 is 0 Å². The molecule has 1 aromatic rings. The third kappa shape index (κ3) is 3.43. The number of aromatic nitrogens is 2. The van der Waals surface area contributed by atoms with E-state index in [0.717, 1.165) is 30.3 Å². The normalized spacial score (nSPS) is 10.4. The van der Waals surface area contributed by atoms with Gasteiger partial charge in [0.05, 0.1) is 5.69 Å². The van der Waals surface area contributed by atoms with Crippen LogP contribution in [0.2, 0.25) is 0 Å². The van der Waals surface area contributed by atoms with Crippen molar-refractivity contribution in [3.63, 3.8) is 0 Å². The topological polar surface area (TPSA) is 33.1 Å². The molecular formula is C12H22N4S. The van der Waals surface area contributed by atoms with Gasteiger partial charge >= 0.3 is 0 Å². The number of rotatable bonds is 4. The van der Waals surface area contributed by atoms with E-state index in [9.17, 15) is 0 Å². The summed E-state index contributed by atoms with van der Waals surface area (Å²) in [4.78, 5) is 2.06. The monoisotopic (exact) mass is 254 g/mol. The molecule has 1 N–H and O–H groups in total. The third-order valence-electron chi connectivity index (χ3n) is 2.93. The van der Waals surface area contributed by atoms with Crippen LogP contribution in [-0.2, 0) is 13.6 Å². The summed E-state index contributed by atoms with van der Waals surface area (Å²) in [6.07, 6.45) is 1.08. The highest BCUT2D eigenvalue weighted by Crippen LogP contribution is 2.13. The predicted molar refractivity (Wildman–Crippen MR) is 75.0 cm³/mol. The number of aryl methyl sites for hydroxylation is 2. The van der Waals surface area contributed by atoms with Crippen molar-refractivity contribution in [2.75, 3.05) is 13.6 Å². The van der Waals surface area contributed by atoms with Crippen LogP contribution >= 0.6 is 12.2 Å². The first-order valence-electron chi connectivity index (χ1n) is 5.95. The van der Waals surface area contributed by atoms with Gasteiger partial charge in [0.25, 0.3) is 0 Å². The summed E-state index contributed by atoms with van der Waals surface area (Å²) in [5, 5.41) is 8.44. The minimum atomic E-state index is 0.800. The van der Waals surface area contributed by atoms with Crippen LogP contribution in [0.4, 0.5) is 0 Å². The maximum atomic E-state index is 5.32. The predicted octanol–water partition coefficient (Wildman–Crippen LogP) is 1.75. The van der Waals surface area contributed by atoms with Crippen molar-refractivity contribution in [1.29, 1.82) is 0 Å². The van der Waals surface area contributed by atoms with Crippen molar-refractivity contribution in [2.45, 2.75) is 33.7 Å². The highest BCUT2D eigenvalue weighted by molar-refractivity contribution is 7.80. The van der Waals surface area contributed by atoms with Crippen LogP contribution in [0.3, 0.4) is 0 Å². The summed E-state index contributed by atoms with van der Waals surface area (Å²) >= 11 is 5.32. The molecule has 0 amide bonds. The molecule has 0 aliphatic carbocycles. The molecule has 0 unspecified atom stereocenters. The standard InChI is InChI=1S/C12H22N4S/c1-6-7-13-12(17)15(4)8-11-9(2)14-16(5)10(11)3/h6-8H2,1-5H3,(H,13,17). The van der Waals surface area contributed by atoms with Crippen LogP contribution < -0.4 is 5.32 Å². The smallest absolute Gasteiger partial charge is 0.168 e. The Labute approximate surface area is 109 Å². The second kappa shape index (κ2) is 6.00. The molecule has 1 heterocycles. The Morgan fingerprint density at radius 2 is 2.12 bits per heavy atom. The van der Waals surface area contributed by atoms with E-state index in [1.807, 2.05) is 25.7 Å². The van der Waals surface area contributed by atoms with Gasteiger partial charge in [-0.15, -0.1) is 0 Å². The quantitative estimate of drug-likeness (QED) is 0.830. The second-order valence-corrected chi connectivity index (χ2v) is 4.75. The van der Waals surface area contributed by atoms with E-state index in [1.165, 1.54) is 11.3 Å². The minimum absolute atomic E-state index is 0.800. The zero-order valence-electron chi connectivity index (χ0n) is 11.4. The van der Waals surface area contributed by atoms with Crippen LogP contribution in [-0.4, -0.2) is 33.4 Å². The van der Waals surface area contributed by atoms with Crippen molar-refractivity contribution in [3.8, 4) is 0 Å². The second-order valence-electron chi connectivity index (χ2n) is 4.36. The van der Waals surface area contributed by atoms with Crippen LogP contribution in [0.15, 0.2) is 0 Å². The van der Waals surface area contributed by atoms with Crippen LogP contribution in [0.5, 0.6) is 0 Å². The Morgan fingerprint density at radius 3 is 2.59 bits per heavy atom. The number of nitrogens with one attached hydrogen (secondary N) is 1. The maximum Gasteiger partial charge on any atom is 0.168 e. The van der Waals surface area contributed by atoms with Gasteiger partial charge in [0.15, 0.2) is 5.11 Å². The Balaban J connectivity index is 2.67. The number of hydrogen-bond acceptors (Lipinski definition) is 2. The summed E-state index contributed by atoms with van der Waals surface area (Å²) in [5.41, 5.74) is 3.54. The molecule has 1 rings (SSSR count). The van der Waals surface area contributed by atoms with Gasteiger partial charge < -0.3 is 10.2 Å². The molecule has 1 aromatic heterocycles. The lowest BCUT2D eigenvalue weighted by molar-refractivity contribution is 0.486. The lowest BCUT2D eigenvalue weighted by Gasteiger charge is -2.21. The van der Waals surface area contributed by atoms with E-state index in [2.05, 4.69) is 29.2 Å². The van der Waals surface area contributed by atoms with E-state index >= 15 is 0 Å².